The Kier molecular flexibility index (Phi) is 3.38. The van der Waals surface area contributed by atoms with Gasteiger partial charge < -0.3 is 15.2 Å². The van der Waals surface area contributed by atoms with Crippen LogP contribution in [0.1, 0.15) is 23.6 Å². The van der Waals surface area contributed by atoms with Gasteiger partial charge in [-0.15, -0.1) is 0 Å². The van der Waals surface area contributed by atoms with Crippen LogP contribution in [0.5, 0.6) is 11.5 Å². The van der Waals surface area contributed by atoms with Crippen molar-refractivity contribution >= 4 is 0 Å². The Morgan fingerprint density at radius 1 is 1.00 bits per heavy atom. The normalized spacial score (nSPS) is 14.4. The Morgan fingerprint density at radius 2 is 1.79 bits per heavy atom. The Morgan fingerprint density at radius 3 is 2.63 bits per heavy atom. The van der Waals surface area contributed by atoms with Gasteiger partial charge in [-0.2, -0.15) is 0 Å². The molecule has 2 aromatic carbocycles. The molecule has 3 nitrogen and oxygen atoms in total. The highest BCUT2D eigenvalue weighted by molar-refractivity contribution is 5.45. The predicted molar refractivity (Wildman–Crippen MR) is 74.3 cm³/mol. The molecule has 0 aliphatic carbocycles. The first-order valence-electron chi connectivity index (χ1n) is 6.52. The first-order chi connectivity index (χ1) is 9.33. The van der Waals surface area contributed by atoms with E-state index in [1.807, 2.05) is 24.3 Å². The van der Waals surface area contributed by atoms with Crippen molar-refractivity contribution in [2.75, 3.05) is 6.79 Å². The van der Waals surface area contributed by atoms with E-state index in [2.05, 4.69) is 24.3 Å². The van der Waals surface area contributed by atoms with Crippen molar-refractivity contribution in [2.24, 2.45) is 5.73 Å². The molecule has 3 rings (SSSR count). The lowest BCUT2D eigenvalue weighted by molar-refractivity contribution is 0.174. The molecule has 19 heavy (non-hydrogen) atoms. The van der Waals surface area contributed by atoms with Crippen molar-refractivity contribution in [1.82, 2.24) is 0 Å². The number of aryl methyl sites for hydroxylation is 1. The van der Waals surface area contributed by atoms with Crippen molar-refractivity contribution < 1.29 is 9.47 Å². The van der Waals surface area contributed by atoms with Crippen LogP contribution < -0.4 is 15.2 Å². The standard InChI is InChI=1S/C16H17NO2/c17-14(8-6-12-4-2-1-3-5-12)13-7-9-15-16(10-13)19-11-18-15/h1-5,7,9-10,14H,6,8,11,17H2. The molecule has 0 radical (unpaired) electrons. The van der Waals surface area contributed by atoms with Crippen LogP contribution in [0.2, 0.25) is 0 Å². The summed E-state index contributed by atoms with van der Waals surface area (Å²) in [7, 11) is 0. The van der Waals surface area contributed by atoms with E-state index < -0.39 is 0 Å². The van der Waals surface area contributed by atoms with Crippen molar-refractivity contribution in [3.63, 3.8) is 0 Å². The lowest BCUT2D eigenvalue weighted by atomic mass is 9.99. The number of hydrogen-bond acceptors (Lipinski definition) is 3. The van der Waals surface area contributed by atoms with E-state index in [-0.39, 0.29) is 6.04 Å². The lowest BCUT2D eigenvalue weighted by Crippen LogP contribution is -2.11. The zero-order valence-electron chi connectivity index (χ0n) is 10.7. The summed E-state index contributed by atoms with van der Waals surface area (Å²) in [5.41, 5.74) is 8.66. The minimum atomic E-state index is 0.0229. The molecule has 1 aliphatic heterocycles. The van der Waals surface area contributed by atoms with Gasteiger partial charge in [-0.1, -0.05) is 36.4 Å². The average Bonchev–Trinajstić information content (AvgIpc) is 2.93. The predicted octanol–water partition coefficient (Wildman–Crippen LogP) is 3.05. The average molecular weight is 255 g/mol. The molecule has 98 valence electrons. The molecule has 2 aromatic rings. The van der Waals surface area contributed by atoms with E-state index in [1.54, 1.807) is 0 Å². The molecule has 0 aromatic heterocycles. The zero-order chi connectivity index (χ0) is 13.1. The minimum Gasteiger partial charge on any atom is -0.454 e. The van der Waals surface area contributed by atoms with Crippen molar-refractivity contribution in [1.29, 1.82) is 0 Å². The molecule has 0 saturated heterocycles. The molecular formula is C16H17NO2. The monoisotopic (exact) mass is 255 g/mol. The summed E-state index contributed by atoms with van der Waals surface area (Å²) < 4.78 is 10.7. The van der Waals surface area contributed by atoms with Crippen molar-refractivity contribution in [3.05, 3.63) is 59.7 Å². The second-order valence-corrected chi connectivity index (χ2v) is 4.74. The Labute approximate surface area is 113 Å². The van der Waals surface area contributed by atoms with E-state index in [0.29, 0.717) is 6.79 Å². The zero-order valence-corrected chi connectivity index (χ0v) is 10.7. The van der Waals surface area contributed by atoms with Gasteiger partial charge in [-0.3, -0.25) is 0 Å². The topological polar surface area (TPSA) is 44.5 Å². The summed E-state index contributed by atoms with van der Waals surface area (Å²) in [5, 5.41) is 0. The first kappa shape index (κ1) is 12.1. The molecule has 0 bridgehead atoms. The van der Waals surface area contributed by atoms with Crippen molar-refractivity contribution in [2.45, 2.75) is 18.9 Å². The van der Waals surface area contributed by atoms with Crippen molar-refractivity contribution in [3.8, 4) is 11.5 Å². The van der Waals surface area contributed by atoms with Gasteiger partial charge in [-0.05, 0) is 36.1 Å². The summed E-state index contributed by atoms with van der Waals surface area (Å²) in [6, 6.07) is 16.4. The van der Waals surface area contributed by atoms with Gasteiger partial charge in [0.15, 0.2) is 11.5 Å². The number of ether oxygens (including phenoxy) is 2. The summed E-state index contributed by atoms with van der Waals surface area (Å²) in [6.45, 7) is 0.304. The maximum absolute atomic E-state index is 6.24. The van der Waals surface area contributed by atoms with Crippen LogP contribution in [-0.2, 0) is 6.42 Å². The summed E-state index contributed by atoms with van der Waals surface area (Å²) in [4.78, 5) is 0. The van der Waals surface area contributed by atoms with Crippen LogP contribution in [0.25, 0.3) is 0 Å². The van der Waals surface area contributed by atoms with Crippen LogP contribution >= 0.6 is 0 Å². The quantitative estimate of drug-likeness (QED) is 0.913. The van der Waals surface area contributed by atoms with Crippen LogP contribution in [0, 0.1) is 0 Å². The van der Waals surface area contributed by atoms with E-state index in [9.17, 15) is 0 Å². The molecule has 1 atom stereocenters. The fourth-order valence-electron chi connectivity index (χ4n) is 2.28. The number of nitrogens with two attached hydrogens (primary N) is 1. The molecule has 3 heteroatoms. The SMILES string of the molecule is NC(CCc1ccccc1)c1ccc2c(c1)OCO2. The summed E-state index contributed by atoms with van der Waals surface area (Å²) >= 11 is 0. The molecule has 2 N–H and O–H groups in total. The molecule has 1 unspecified atom stereocenters. The number of rotatable bonds is 4. The molecule has 0 amide bonds. The van der Waals surface area contributed by atoms with Crippen LogP contribution in [-0.4, -0.2) is 6.79 Å². The van der Waals surface area contributed by atoms with Crippen LogP contribution in [0.15, 0.2) is 48.5 Å². The number of fused-ring (bicyclic) bond motifs is 1. The van der Waals surface area contributed by atoms with Gasteiger partial charge in [0, 0.05) is 6.04 Å². The largest absolute Gasteiger partial charge is 0.454 e. The number of benzene rings is 2. The van der Waals surface area contributed by atoms with E-state index in [4.69, 9.17) is 15.2 Å². The highest BCUT2D eigenvalue weighted by Gasteiger charge is 2.15. The van der Waals surface area contributed by atoms with E-state index in [0.717, 1.165) is 29.9 Å². The second kappa shape index (κ2) is 5.33. The van der Waals surface area contributed by atoms with Gasteiger partial charge in [0.2, 0.25) is 6.79 Å². The maximum atomic E-state index is 6.24. The molecule has 1 aliphatic rings. The summed E-state index contributed by atoms with van der Waals surface area (Å²) in [6.07, 6.45) is 1.90. The Hall–Kier alpha value is -2.00. The van der Waals surface area contributed by atoms with Gasteiger partial charge in [-0.25, -0.2) is 0 Å². The minimum absolute atomic E-state index is 0.0229. The Bertz CT molecular complexity index is 554. The third-order valence-electron chi connectivity index (χ3n) is 3.41. The Balaban J connectivity index is 1.65. The third-order valence-corrected chi connectivity index (χ3v) is 3.41. The molecule has 0 spiro atoms. The van der Waals surface area contributed by atoms with Gasteiger partial charge >= 0.3 is 0 Å². The van der Waals surface area contributed by atoms with Gasteiger partial charge in [0.25, 0.3) is 0 Å². The van der Waals surface area contributed by atoms with E-state index >= 15 is 0 Å². The second-order valence-electron chi connectivity index (χ2n) is 4.74. The molecule has 0 saturated carbocycles. The molecule has 0 fully saturated rings. The third kappa shape index (κ3) is 2.71. The van der Waals surface area contributed by atoms with Gasteiger partial charge in [0.05, 0.1) is 0 Å². The fourth-order valence-corrected chi connectivity index (χ4v) is 2.28. The fraction of sp³-hybridized carbons (Fsp3) is 0.250. The highest BCUT2D eigenvalue weighted by Crippen LogP contribution is 2.34. The van der Waals surface area contributed by atoms with Crippen LogP contribution in [0.3, 0.4) is 0 Å². The van der Waals surface area contributed by atoms with E-state index in [1.165, 1.54) is 5.56 Å². The lowest BCUT2D eigenvalue weighted by Gasteiger charge is -2.12. The number of hydrogen-bond donors (Lipinski definition) is 1. The first-order valence-corrected chi connectivity index (χ1v) is 6.52. The maximum Gasteiger partial charge on any atom is 0.231 e. The summed E-state index contributed by atoms with van der Waals surface area (Å²) in [5.74, 6) is 1.60. The smallest absolute Gasteiger partial charge is 0.231 e. The molecule has 1 heterocycles. The molecular weight excluding hydrogens is 238 g/mol. The van der Waals surface area contributed by atoms with Gasteiger partial charge in [0.1, 0.15) is 0 Å². The van der Waals surface area contributed by atoms with Crippen LogP contribution in [0.4, 0.5) is 0 Å². The highest BCUT2D eigenvalue weighted by atomic mass is 16.7.